The van der Waals surface area contributed by atoms with Crippen molar-refractivity contribution in [2.24, 2.45) is 0 Å². The number of fused-ring (bicyclic) bond motifs is 1. The van der Waals surface area contributed by atoms with Gasteiger partial charge in [0.1, 0.15) is 5.00 Å². The lowest BCUT2D eigenvalue weighted by Gasteiger charge is -1.97. The standard InChI is InChI=1S/C12H9N2S/c1-9-6-7-12(15-9)14-8-13-10-4-2-3-5-11(10)14/h2-7H,1H3. The van der Waals surface area contributed by atoms with Gasteiger partial charge in [0.05, 0.1) is 11.0 Å². The highest BCUT2D eigenvalue weighted by Crippen LogP contribution is 2.23. The van der Waals surface area contributed by atoms with E-state index in [-0.39, 0.29) is 0 Å². The molecule has 3 rings (SSSR count). The van der Waals surface area contributed by atoms with E-state index in [1.165, 1.54) is 9.88 Å². The second kappa shape index (κ2) is 3.21. The molecule has 1 aromatic carbocycles. The fraction of sp³-hybridized carbons (Fsp3) is 0.0833. The average Bonchev–Trinajstić information content (AvgIpc) is 2.83. The number of para-hydroxylation sites is 2. The highest BCUT2D eigenvalue weighted by Gasteiger charge is 2.05. The molecular formula is C12H9N2S. The lowest BCUT2D eigenvalue weighted by Crippen LogP contribution is -1.86. The van der Waals surface area contributed by atoms with Gasteiger partial charge >= 0.3 is 0 Å². The van der Waals surface area contributed by atoms with Crippen molar-refractivity contribution in [1.29, 1.82) is 0 Å². The average molecular weight is 213 g/mol. The normalized spacial score (nSPS) is 11.0. The first kappa shape index (κ1) is 8.68. The van der Waals surface area contributed by atoms with E-state index in [1.807, 2.05) is 22.8 Å². The lowest BCUT2D eigenvalue weighted by atomic mass is 10.3. The van der Waals surface area contributed by atoms with Crippen molar-refractivity contribution in [3.63, 3.8) is 0 Å². The summed E-state index contributed by atoms with van der Waals surface area (Å²) in [5.74, 6) is 0. The fourth-order valence-corrected chi connectivity index (χ4v) is 2.45. The molecule has 0 aliphatic heterocycles. The summed E-state index contributed by atoms with van der Waals surface area (Å²) in [7, 11) is 0. The maximum Gasteiger partial charge on any atom is 0.183 e. The summed E-state index contributed by atoms with van der Waals surface area (Å²) in [6.45, 7) is 2.10. The molecule has 0 aliphatic carbocycles. The van der Waals surface area contributed by atoms with Crippen molar-refractivity contribution in [3.8, 4) is 5.00 Å². The van der Waals surface area contributed by atoms with Crippen LogP contribution in [0.4, 0.5) is 0 Å². The molecule has 1 radical (unpaired) electrons. The highest BCUT2D eigenvalue weighted by atomic mass is 32.1. The Hall–Kier alpha value is -1.61. The molecule has 3 aromatic rings. The van der Waals surface area contributed by atoms with Crippen LogP contribution in [-0.2, 0) is 0 Å². The first-order valence-electron chi connectivity index (χ1n) is 4.76. The van der Waals surface area contributed by atoms with Crippen LogP contribution in [0.25, 0.3) is 16.0 Å². The monoisotopic (exact) mass is 213 g/mol. The molecule has 0 unspecified atom stereocenters. The Labute approximate surface area is 91.8 Å². The van der Waals surface area contributed by atoms with Gasteiger partial charge in [-0.1, -0.05) is 12.1 Å². The molecule has 0 saturated heterocycles. The van der Waals surface area contributed by atoms with E-state index in [1.54, 1.807) is 11.3 Å². The number of rotatable bonds is 1. The largest absolute Gasteiger partial charge is 0.281 e. The van der Waals surface area contributed by atoms with E-state index in [2.05, 4.69) is 36.4 Å². The van der Waals surface area contributed by atoms with Gasteiger partial charge in [-0.25, -0.2) is 4.98 Å². The van der Waals surface area contributed by atoms with Crippen molar-refractivity contribution in [3.05, 3.63) is 47.6 Å². The Morgan fingerprint density at radius 2 is 2.07 bits per heavy atom. The van der Waals surface area contributed by atoms with Crippen LogP contribution < -0.4 is 0 Å². The minimum Gasteiger partial charge on any atom is -0.281 e. The summed E-state index contributed by atoms with van der Waals surface area (Å²) >= 11 is 1.75. The van der Waals surface area contributed by atoms with Crippen LogP contribution in [0.15, 0.2) is 36.4 Å². The summed E-state index contributed by atoms with van der Waals surface area (Å²) in [5.41, 5.74) is 2.10. The number of benzene rings is 1. The number of aromatic nitrogens is 2. The van der Waals surface area contributed by atoms with Crippen molar-refractivity contribution in [2.45, 2.75) is 6.92 Å². The Kier molecular flexibility index (Phi) is 1.86. The van der Waals surface area contributed by atoms with Crippen LogP contribution in [0.3, 0.4) is 0 Å². The zero-order valence-corrected chi connectivity index (χ0v) is 9.08. The van der Waals surface area contributed by atoms with Crippen LogP contribution in [-0.4, -0.2) is 9.55 Å². The van der Waals surface area contributed by atoms with Crippen molar-refractivity contribution in [1.82, 2.24) is 9.55 Å². The third kappa shape index (κ3) is 1.36. The van der Waals surface area contributed by atoms with E-state index in [0.29, 0.717) is 0 Å². The van der Waals surface area contributed by atoms with E-state index in [4.69, 9.17) is 0 Å². The highest BCUT2D eigenvalue weighted by molar-refractivity contribution is 7.14. The Balaban J connectivity index is 2.27. The van der Waals surface area contributed by atoms with Gasteiger partial charge in [0.15, 0.2) is 6.33 Å². The molecule has 0 N–H and O–H groups in total. The number of nitrogens with zero attached hydrogens (tertiary/aromatic N) is 2. The molecule has 73 valence electrons. The SMILES string of the molecule is Cc1ccc(-n2[c]nc3ccccc32)s1. The summed E-state index contributed by atoms with van der Waals surface area (Å²) in [5, 5.41) is 1.17. The van der Waals surface area contributed by atoms with E-state index in [0.717, 1.165) is 11.0 Å². The molecule has 2 aromatic heterocycles. The minimum atomic E-state index is 0.989. The molecular weight excluding hydrogens is 204 g/mol. The molecule has 2 heterocycles. The predicted molar refractivity (Wildman–Crippen MR) is 62.5 cm³/mol. The van der Waals surface area contributed by atoms with Gasteiger partial charge in [0.2, 0.25) is 0 Å². The zero-order valence-electron chi connectivity index (χ0n) is 8.27. The van der Waals surface area contributed by atoms with Crippen LogP contribution in [0.1, 0.15) is 4.88 Å². The van der Waals surface area contributed by atoms with Gasteiger partial charge in [0, 0.05) is 4.88 Å². The first-order chi connectivity index (χ1) is 7.34. The van der Waals surface area contributed by atoms with Gasteiger partial charge in [-0.05, 0) is 31.2 Å². The molecule has 0 spiro atoms. The second-order valence-electron chi connectivity index (χ2n) is 3.42. The number of hydrogen-bond acceptors (Lipinski definition) is 2. The number of hydrogen-bond donors (Lipinski definition) is 0. The molecule has 3 heteroatoms. The zero-order chi connectivity index (χ0) is 10.3. The van der Waals surface area contributed by atoms with Gasteiger partial charge in [-0.3, -0.25) is 4.57 Å². The summed E-state index contributed by atoms with van der Waals surface area (Å²) in [6, 6.07) is 12.3. The van der Waals surface area contributed by atoms with Crippen LogP contribution in [0, 0.1) is 13.3 Å². The van der Waals surface area contributed by atoms with Gasteiger partial charge in [-0.2, -0.15) is 0 Å². The van der Waals surface area contributed by atoms with E-state index >= 15 is 0 Å². The maximum atomic E-state index is 4.25. The smallest absolute Gasteiger partial charge is 0.183 e. The predicted octanol–water partition coefficient (Wildman–Crippen LogP) is 3.20. The van der Waals surface area contributed by atoms with Crippen LogP contribution >= 0.6 is 11.3 Å². The van der Waals surface area contributed by atoms with Gasteiger partial charge < -0.3 is 0 Å². The summed E-state index contributed by atoms with van der Waals surface area (Å²) < 4.78 is 2.01. The summed E-state index contributed by atoms with van der Waals surface area (Å²) in [6.07, 6.45) is 3.02. The third-order valence-electron chi connectivity index (χ3n) is 2.34. The van der Waals surface area contributed by atoms with Gasteiger partial charge in [0.25, 0.3) is 0 Å². The van der Waals surface area contributed by atoms with E-state index in [9.17, 15) is 0 Å². The molecule has 0 aliphatic rings. The number of aryl methyl sites for hydroxylation is 1. The van der Waals surface area contributed by atoms with Crippen LogP contribution in [0.2, 0.25) is 0 Å². The molecule has 0 fully saturated rings. The second-order valence-corrected chi connectivity index (χ2v) is 4.69. The minimum absolute atomic E-state index is 0.989. The Morgan fingerprint density at radius 3 is 2.87 bits per heavy atom. The van der Waals surface area contributed by atoms with Crippen molar-refractivity contribution < 1.29 is 0 Å². The molecule has 0 saturated carbocycles. The molecule has 0 atom stereocenters. The maximum absolute atomic E-state index is 4.25. The number of imidazole rings is 1. The summed E-state index contributed by atoms with van der Waals surface area (Å²) in [4.78, 5) is 5.55. The Bertz CT molecular complexity index is 607. The molecule has 0 amide bonds. The molecule has 2 nitrogen and oxygen atoms in total. The van der Waals surface area contributed by atoms with Crippen LogP contribution in [0.5, 0.6) is 0 Å². The molecule has 0 bridgehead atoms. The lowest BCUT2D eigenvalue weighted by molar-refractivity contribution is 1.11. The quantitative estimate of drug-likeness (QED) is 0.607. The fourth-order valence-electron chi connectivity index (χ4n) is 1.62. The topological polar surface area (TPSA) is 17.8 Å². The van der Waals surface area contributed by atoms with Crippen molar-refractivity contribution in [2.75, 3.05) is 0 Å². The third-order valence-corrected chi connectivity index (χ3v) is 3.33. The Morgan fingerprint density at radius 1 is 1.20 bits per heavy atom. The molecule has 15 heavy (non-hydrogen) atoms. The van der Waals surface area contributed by atoms with Crippen molar-refractivity contribution >= 4 is 22.4 Å². The van der Waals surface area contributed by atoms with Gasteiger partial charge in [-0.15, -0.1) is 11.3 Å². The number of thiophene rings is 1. The van der Waals surface area contributed by atoms with E-state index < -0.39 is 0 Å². The first-order valence-corrected chi connectivity index (χ1v) is 5.58.